The predicted octanol–water partition coefficient (Wildman–Crippen LogP) is 3.75. The van der Waals surface area contributed by atoms with Crippen molar-refractivity contribution in [1.82, 2.24) is 14.9 Å². The van der Waals surface area contributed by atoms with Gasteiger partial charge in [-0.2, -0.15) is 0 Å². The van der Waals surface area contributed by atoms with Crippen molar-refractivity contribution < 1.29 is 14.3 Å². The van der Waals surface area contributed by atoms with E-state index in [1.807, 2.05) is 51.3 Å². The molecule has 1 fully saturated rings. The monoisotopic (exact) mass is 478 g/mol. The standard InChI is InChI=1S/C21H27ClN6O3S/c1-21(2,3)31-20(30)28-11-9-27(10-12-28)14-7-5-13(6-8-14)24-18-15(17(23)29)16(22)25-19(26-18)32-4/h5-8H,9-12H2,1-4H3,(H2,23,29)(H,24,25,26). The first-order valence-electron chi connectivity index (χ1n) is 10.1. The van der Waals surface area contributed by atoms with Crippen molar-refractivity contribution in [1.29, 1.82) is 0 Å². The van der Waals surface area contributed by atoms with Crippen LogP contribution in [0.3, 0.4) is 0 Å². The van der Waals surface area contributed by atoms with Crippen LogP contribution in [0.4, 0.5) is 22.0 Å². The van der Waals surface area contributed by atoms with E-state index >= 15 is 0 Å². The van der Waals surface area contributed by atoms with Crippen molar-refractivity contribution in [3.63, 3.8) is 0 Å². The highest BCUT2D eigenvalue weighted by Crippen LogP contribution is 2.28. The van der Waals surface area contributed by atoms with Gasteiger partial charge in [-0.15, -0.1) is 0 Å². The summed E-state index contributed by atoms with van der Waals surface area (Å²) in [5.74, 6) is -0.440. The van der Waals surface area contributed by atoms with E-state index in [0.717, 1.165) is 11.4 Å². The number of thioether (sulfide) groups is 1. The Kier molecular flexibility index (Phi) is 7.35. The minimum Gasteiger partial charge on any atom is -0.444 e. The third-order valence-corrected chi connectivity index (χ3v) is 5.52. The largest absolute Gasteiger partial charge is 0.444 e. The summed E-state index contributed by atoms with van der Waals surface area (Å²) < 4.78 is 5.45. The number of carbonyl (C=O) groups is 2. The van der Waals surface area contributed by atoms with E-state index in [9.17, 15) is 9.59 Å². The molecule has 0 atom stereocenters. The molecule has 1 aromatic carbocycles. The minimum absolute atomic E-state index is 0.0128. The molecule has 11 heteroatoms. The molecular formula is C21H27ClN6O3S. The lowest BCUT2D eigenvalue weighted by atomic mass is 10.2. The highest BCUT2D eigenvalue weighted by atomic mass is 35.5. The zero-order valence-electron chi connectivity index (χ0n) is 18.5. The molecule has 0 aliphatic carbocycles. The smallest absolute Gasteiger partial charge is 0.410 e. The SMILES string of the molecule is CSc1nc(Cl)c(C(N)=O)c(Nc2ccc(N3CCN(C(=O)OC(C)(C)C)CC3)cc2)n1. The molecule has 1 aliphatic rings. The fourth-order valence-electron chi connectivity index (χ4n) is 3.18. The molecule has 1 aliphatic heterocycles. The van der Waals surface area contributed by atoms with E-state index in [0.29, 0.717) is 31.3 Å². The maximum atomic E-state index is 12.2. The van der Waals surface area contributed by atoms with Crippen molar-refractivity contribution >= 4 is 52.6 Å². The van der Waals surface area contributed by atoms with Crippen LogP contribution < -0.4 is 16.0 Å². The summed E-state index contributed by atoms with van der Waals surface area (Å²) >= 11 is 7.43. The number of carbonyl (C=O) groups excluding carboxylic acids is 2. The van der Waals surface area contributed by atoms with Gasteiger partial charge in [0, 0.05) is 37.6 Å². The fraction of sp³-hybridized carbons (Fsp3) is 0.429. The number of nitrogens with one attached hydrogen (secondary N) is 1. The molecule has 0 bridgehead atoms. The van der Waals surface area contributed by atoms with Crippen molar-refractivity contribution in [2.24, 2.45) is 5.73 Å². The second-order valence-corrected chi connectivity index (χ2v) is 9.35. The molecule has 3 rings (SSSR count). The number of amides is 2. The first-order valence-corrected chi connectivity index (χ1v) is 11.7. The number of aromatic nitrogens is 2. The fourth-order valence-corrected chi connectivity index (χ4v) is 3.86. The van der Waals surface area contributed by atoms with Crippen LogP contribution in [0.2, 0.25) is 5.15 Å². The lowest BCUT2D eigenvalue weighted by molar-refractivity contribution is 0.0240. The Labute approximate surface area is 196 Å². The van der Waals surface area contributed by atoms with Gasteiger partial charge >= 0.3 is 6.09 Å². The number of piperazine rings is 1. The molecule has 0 radical (unpaired) electrons. The second-order valence-electron chi connectivity index (χ2n) is 8.22. The molecule has 0 saturated carbocycles. The second kappa shape index (κ2) is 9.83. The summed E-state index contributed by atoms with van der Waals surface area (Å²) in [5.41, 5.74) is 6.75. The highest BCUT2D eigenvalue weighted by molar-refractivity contribution is 7.98. The van der Waals surface area contributed by atoms with Crippen molar-refractivity contribution in [2.75, 3.05) is 42.7 Å². The Balaban J connectivity index is 1.66. The summed E-state index contributed by atoms with van der Waals surface area (Å²) in [6, 6.07) is 7.70. The summed E-state index contributed by atoms with van der Waals surface area (Å²) in [6.45, 7) is 8.18. The van der Waals surface area contributed by atoms with Crippen LogP contribution in [0.5, 0.6) is 0 Å². The first kappa shape index (κ1) is 23.9. The van der Waals surface area contributed by atoms with Gasteiger partial charge in [0.2, 0.25) is 0 Å². The van der Waals surface area contributed by atoms with E-state index in [-0.39, 0.29) is 22.6 Å². The molecule has 0 unspecified atom stereocenters. The molecule has 1 aromatic heterocycles. The van der Waals surface area contributed by atoms with Crippen molar-refractivity contribution in [3.05, 3.63) is 35.0 Å². The zero-order valence-corrected chi connectivity index (χ0v) is 20.1. The molecule has 32 heavy (non-hydrogen) atoms. The maximum Gasteiger partial charge on any atom is 0.410 e. The summed E-state index contributed by atoms with van der Waals surface area (Å²) in [7, 11) is 0. The van der Waals surface area contributed by atoms with Gasteiger partial charge in [-0.1, -0.05) is 23.4 Å². The number of halogens is 1. The van der Waals surface area contributed by atoms with Crippen LogP contribution in [0, 0.1) is 0 Å². The maximum absolute atomic E-state index is 12.2. The number of primary amides is 1. The third kappa shape index (κ3) is 5.95. The van der Waals surface area contributed by atoms with Gasteiger partial charge in [0.05, 0.1) is 0 Å². The minimum atomic E-state index is -0.704. The van der Waals surface area contributed by atoms with E-state index < -0.39 is 11.5 Å². The Morgan fingerprint density at radius 3 is 2.28 bits per heavy atom. The van der Waals surface area contributed by atoms with Crippen LogP contribution >= 0.6 is 23.4 Å². The van der Waals surface area contributed by atoms with Gasteiger partial charge < -0.3 is 25.6 Å². The third-order valence-electron chi connectivity index (χ3n) is 4.70. The summed E-state index contributed by atoms with van der Waals surface area (Å²) in [4.78, 5) is 36.4. The molecular weight excluding hydrogens is 452 g/mol. The number of benzene rings is 1. The average Bonchev–Trinajstić information content (AvgIpc) is 2.72. The lowest BCUT2D eigenvalue weighted by Crippen LogP contribution is -2.50. The molecule has 9 nitrogen and oxygen atoms in total. The zero-order chi connectivity index (χ0) is 23.5. The average molecular weight is 479 g/mol. The first-order chi connectivity index (χ1) is 15.1. The highest BCUT2D eigenvalue weighted by Gasteiger charge is 2.26. The van der Waals surface area contributed by atoms with Gasteiger partial charge in [-0.3, -0.25) is 4.79 Å². The Morgan fingerprint density at radius 2 is 1.75 bits per heavy atom. The Bertz CT molecular complexity index is 988. The van der Waals surface area contributed by atoms with E-state index in [2.05, 4.69) is 20.2 Å². The normalized spacial score (nSPS) is 14.3. The molecule has 172 valence electrons. The van der Waals surface area contributed by atoms with E-state index in [1.165, 1.54) is 11.8 Å². The molecule has 2 amide bonds. The molecule has 3 N–H and O–H groups in total. The van der Waals surface area contributed by atoms with E-state index in [4.69, 9.17) is 22.1 Å². The quantitative estimate of drug-likeness (QED) is 0.379. The number of nitrogens with zero attached hydrogens (tertiary/aromatic N) is 4. The van der Waals surface area contributed by atoms with Crippen LogP contribution in [0.25, 0.3) is 0 Å². The van der Waals surface area contributed by atoms with Gasteiger partial charge in [0.25, 0.3) is 5.91 Å². The Hall–Kier alpha value is -2.72. The molecule has 0 spiro atoms. The molecule has 2 heterocycles. The van der Waals surface area contributed by atoms with Crippen LogP contribution in [0.15, 0.2) is 29.4 Å². The Morgan fingerprint density at radius 1 is 1.12 bits per heavy atom. The van der Waals surface area contributed by atoms with Crippen LogP contribution in [0.1, 0.15) is 31.1 Å². The molecule has 2 aromatic rings. The number of rotatable bonds is 5. The number of hydrogen-bond acceptors (Lipinski definition) is 8. The predicted molar refractivity (Wildman–Crippen MR) is 127 cm³/mol. The number of nitrogens with two attached hydrogens (primary N) is 1. The lowest BCUT2D eigenvalue weighted by Gasteiger charge is -2.36. The van der Waals surface area contributed by atoms with Crippen molar-refractivity contribution in [2.45, 2.75) is 31.5 Å². The molecule has 1 saturated heterocycles. The van der Waals surface area contributed by atoms with E-state index in [1.54, 1.807) is 4.90 Å². The van der Waals surface area contributed by atoms with Crippen LogP contribution in [-0.4, -0.2) is 64.9 Å². The number of hydrogen-bond donors (Lipinski definition) is 2. The topological polar surface area (TPSA) is 114 Å². The van der Waals surface area contributed by atoms with Gasteiger partial charge in [-0.05, 0) is 51.3 Å². The van der Waals surface area contributed by atoms with Gasteiger partial charge in [0.15, 0.2) is 5.16 Å². The van der Waals surface area contributed by atoms with Gasteiger partial charge in [0.1, 0.15) is 22.1 Å². The number of ether oxygens (including phenoxy) is 1. The van der Waals surface area contributed by atoms with Crippen LogP contribution in [-0.2, 0) is 4.74 Å². The van der Waals surface area contributed by atoms with Gasteiger partial charge in [-0.25, -0.2) is 14.8 Å². The summed E-state index contributed by atoms with van der Waals surface area (Å²) in [5, 5.41) is 3.55. The van der Waals surface area contributed by atoms with Crippen molar-refractivity contribution in [3.8, 4) is 0 Å². The number of anilines is 3. The summed E-state index contributed by atoms with van der Waals surface area (Å²) in [6.07, 6.45) is 1.53.